The van der Waals surface area contributed by atoms with Crippen molar-refractivity contribution >= 4 is 5.97 Å². The van der Waals surface area contributed by atoms with Crippen LogP contribution in [0, 0.1) is 17.2 Å². The molecule has 5 nitrogen and oxygen atoms in total. The molecule has 0 saturated carbocycles. The lowest BCUT2D eigenvalue weighted by Crippen LogP contribution is -2.17. The van der Waals surface area contributed by atoms with Crippen molar-refractivity contribution in [3.05, 3.63) is 29.3 Å². The Labute approximate surface area is 125 Å². The monoisotopic (exact) mass is 290 g/mol. The summed E-state index contributed by atoms with van der Waals surface area (Å²) in [5, 5.41) is 21.0. The van der Waals surface area contributed by atoms with E-state index >= 15 is 0 Å². The van der Waals surface area contributed by atoms with Crippen molar-refractivity contribution < 1.29 is 14.6 Å². The first kappa shape index (κ1) is 17.0. The minimum Gasteiger partial charge on any atom is -0.495 e. The molecule has 0 saturated heterocycles. The first-order valence-corrected chi connectivity index (χ1v) is 7.06. The van der Waals surface area contributed by atoms with Gasteiger partial charge in [-0.05, 0) is 43.0 Å². The van der Waals surface area contributed by atoms with E-state index in [9.17, 15) is 4.79 Å². The van der Waals surface area contributed by atoms with Gasteiger partial charge in [0.05, 0.1) is 12.7 Å². The highest BCUT2D eigenvalue weighted by molar-refractivity contribution is 5.66. The lowest BCUT2D eigenvalue weighted by molar-refractivity contribution is -0.137. The van der Waals surface area contributed by atoms with Crippen LogP contribution in [0.1, 0.15) is 37.3 Å². The van der Waals surface area contributed by atoms with Crippen LogP contribution >= 0.6 is 0 Å². The number of nitriles is 1. The van der Waals surface area contributed by atoms with Crippen molar-refractivity contribution in [1.29, 1.82) is 5.26 Å². The highest BCUT2D eigenvalue weighted by Crippen LogP contribution is 2.18. The fraction of sp³-hybridized carbons (Fsp3) is 0.500. The second-order valence-electron chi connectivity index (χ2n) is 5.15. The molecule has 1 atom stereocenters. The number of carbonyl (C=O) groups is 1. The number of carboxylic acid groups (broad SMARTS) is 1. The summed E-state index contributed by atoms with van der Waals surface area (Å²) in [5.74, 6) is 0.236. The summed E-state index contributed by atoms with van der Waals surface area (Å²) in [6, 6.07) is 7.66. The third kappa shape index (κ3) is 6.28. The first-order valence-electron chi connectivity index (χ1n) is 7.06. The Balaban J connectivity index is 2.33. The molecular weight excluding hydrogens is 268 g/mol. The van der Waals surface area contributed by atoms with Crippen LogP contribution in [0.5, 0.6) is 5.75 Å². The molecule has 1 unspecified atom stereocenters. The molecule has 1 aromatic rings. The topological polar surface area (TPSA) is 82.3 Å². The Morgan fingerprint density at radius 1 is 1.48 bits per heavy atom. The molecule has 0 fully saturated rings. The van der Waals surface area contributed by atoms with Gasteiger partial charge in [-0.1, -0.05) is 13.0 Å². The third-order valence-electron chi connectivity index (χ3n) is 3.38. The van der Waals surface area contributed by atoms with Crippen LogP contribution in [-0.2, 0) is 11.3 Å². The number of nitrogens with zero attached hydrogens (tertiary/aromatic N) is 1. The van der Waals surface area contributed by atoms with Crippen molar-refractivity contribution in [3.63, 3.8) is 0 Å². The Morgan fingerprint density at radius 3 is 2.86 bits per heavy atom. The zero-order valence-electron chi connectivity index (χ0n) is 12.6. The fourth-order valence-corrected chi connectivity index (χ4v) is 2.05. The van der Waals surface area contributed by atoms with Crippen LogP contribution in [-0.4, -0.2) is 24.7 Å². The van der Waals surface area contributed by atoms with Gasteiger partial charge < -0.3 is 15.2 Å². The molecule has 0 spiro atoms. The number of ether oxygens (including phenoxy) is 1. The van der Waals surface area contributed by atoms with Crippen LogP contribution in [0.25, 0.3) is 0 Å². The molecule has 5 heteroatoms. The maximum Gasteiger partial charge on any atom is 0.303 e. The molecule has 0 amide bonds. The Morgan fingerprint density at radius 2 is 2.24 bits per heavy atom. The largest absolute Gasteiger partial charge is 0.495 e. The fourth-order valence-electron chi connectivity index (χ4n) is 2.05. The molecule has 1 rings (SSSR count). The van der Waals surface area contributed by atoms with Gasteiger partial charge in [0.25, 0.3) is 0 Å². The van der Waals surface area contributed by atoms with Crippen molar-refractivity contribution in [2.45, 2.75) is 32.7 Å². The predicted molar refractivity (Wildman–Crippen MR) is 80.1 cm³/mol. The summed E-state index contributed by atoms with van der Waals surface area (Å²) < 4.78 is 5.10. The molecule has 0 aromatic heterocycles. The summed E-state index contributed by atoms with van der Waals surface area (Å²) in [7, 11) is 1.55. The zero-order valence-corrected chi connectivity index (χ0v) is 12.6. The minimum atomic E-state index is -0.739. The van der Waals surface area contributed by atoms with Crippen molar-refractivity contribution in [2.24, 2.45) is 5.92 Å². The molecule has 0 aliphatic rings. The quantitative estimate of drug-likeness (QED) is 0.683. The molecule has 1 aromatic carbocycles. The number of carboxylic acids is 1. The van der Waals surface area contributed by atoms with Crippen molar-refractivity contribution in [1.82, 2.24) is 5.32 Å². The third-order valence-corrected chi connectivity index (χ3v) is 3.38. The van der Waals surface area contributed by atoms with E-state index in [4.69, 9.17) is 15.1 Å². The number of aliphatic carboxylic acids is 1. The number of rotatable bonds is 9. The minimum absolute atomic E-state index is 0.227. The summed E-state index contributed by atoms with van der Waals surface area (Å²) in [5.41, 5.74) is 1.57. The highest BCUT2D eigenvalue weighted by Gasteiger charge is 2.06. The van der Waals surface area contributed by atoms with E-state index in [2.05, 4.69) is 18.3 Å². The number of methoxy groups -OCH3 is 1. The van der Waals surface area contributed by atoms with Gasteiger partial charge in [0.15, 0.2) is 0 Å². The second-order valence-corrected chi connectivity index (χ2v) is 5.15. The average molecular weight is 290 g/mol. The van der Waals surface area contributed by atoms with Gasteiger partial charge in [-0.2, -0.15) is 5.26 Å². The molecule has 114 valence electrons. The lowest BCUT2D eigenvalue weighted by Gasteiger charge is -2.11. The summed E-state index contributed by atoms with van der Waals surface area (Å²) >= 11 is 0. The van der Waals surface area contributed by atoms with Crippen LogP contribution in [0.2, 0.25) is 0 Å². The highest BCUT2D eigenvalue weighted by atomic mass is 16.5. The maximum absolute atomic E-state index is 10.5. The van der Waals surface area contributed by atoms with Gasteiger partial charge in [0, 0.05) is 13.0 Å². The van der Waals surface area contributed by atoms with E-state index in [0.29, 0.717) is 30.2 Å². The maximum atomic E-state index is 10.5. The molecule has 21 heavy (non-hydrogen) atoms. The van der Waals surface area contributed by atoms with E-state index in [-0.39, 0.29) is 6.42 Å². The van der Waals surface area contributed by atoms with Gasteiger partial charge in [0.2, 0.25) is 0 Å². The van der Waals surface area contributed by atoms with Gasteiger partial charge in [0.1, 0.15) is 11.8 Å². The first-order chi connectivity index (χ1) is 10.1. The van der Waals surface area contributed by atoms with Crippen LogP contribution in [0.15, 0.2) is 18.2 Å². The van der Waals surface area contributed by atoms with Gasteiger partial charge in [-0.3, -0.25) is 4.79 Å². The molecular formula is C16H22N2O3. The van der Waals surface area contributed by atoms with E-state index < -0.39 is 5.97 Å². The van der Waals surface area contributed by atoms with Gasteiger partial charge in [-0.25, -0.2) is 0 Å². The molecule has 0 bridgehead atoms. The smallest absolute Gasteiger partial charge is 0.303 e. The van der Waals surface area contributed by atoms with Crippen LogP contribution in [0.4, 0.5) is 0 Å². The molecule has 0 aliphatic carbocycles. The SMILES string of the molecule is COc1ccc(CNCCC(C)CCC(=O)O)cc1C#N. The Hall–Kier alpha value is -2.06. The van der Waals surface area contributed by atoms with E-state index in [0.717, 1.165) is 18.5 Å². The number of hydrogen-bond donors (Lipinski definition) is 2. The molecule has 0 radical (unpaired) electrons. The summed E-state index contributed by atoms with van der Waals surface area (Å²) in [6.45, 7) is 3.57. The summed E-state index contributed by atoms with van der Waals surface area (Å²) in [4.78, 5) is 10.5. The second kappa shape index (κ2) is 8.98. The van der Waals surface area contributed by atoms with E-state index in [1.165, 1.54) is 0 Å². The molecule has 0 aliphatic heterocycles. The van der Waals surface area contributed by atoms with Crippen molar-refractivity contribution in [2.75, 3.05) is 13.7 Å². The molecule has 0 heterocycles. The lowest BCUT2D eigenvalue weighted by atomic mass is 10.0. The predicted octanol–water partition coefficient (Wildman–Crippen LogP) is 2.55. The van der Waals surface area contributed by atoms with Gasteiger partial charge >= 0.3 is 5.97 Å². The average Bonchev–Trinajstić information content (AvgIpc) is 2.49. The van der Waals surface area contributed by atoms with E-state index in [1.54, 1.807) is 13.2 Å². The van der Waals surface area contributed by atoms with Crippen molar-refractivity contribution in [3.8, 4) is 11.8 Å². The summed E-state index contributed by atoms with van der Waals surface area (Å²) in [6.07, 6.45) is 1.87. The van der Waals surface area contributed by atoms with Crippen LogP contribution in [0.3, 0.4) is 0 Å². The van der Waals surface area contributed by atoms with Crippen LogP contribution < -0.4 is 10.1 Å². The number of hydrogen-bond acceptors (Lipinski definition) is 4. The van der Waals surface area contributed by atoms with Gasteiger partial charge in [-0.15, -0.1) is 0 Å². The zero-order chi connectivity index (χ0) is 15.7. The number of benzene rings is 1. The normalized spacial score (nSPS) is 11.7. The Kier molecular flexibility index (Phi) is 7.27. The standard InChI is InChI=1S/C16H22N2O3/c1-12(3-6-16(19)20)7-8-18-11-13-4-5-15(21-2)14(9-13)10-17/h4-5,9,12,18H,3,6-8,11H2,1-2H3,(H,19,20). The van der Waals surface area contributed by atoms with E-state index in [1.807, 2.05) is 12.1 Å². The molecule has 2 N–H and O–H groups in total. The number of nitrogens with one attached hydrogen (secondary N) is 1. The Bertz CT molecular complexity index is 509.